The number of amides is 1. The Morgan fingerprint density at radius 3 is 2.65 bits per heavy atom. The molecule has 0 bridgehead atoms. The molecule has 1 rings (SSSR count). The summed E-state index contributed by atoms with van der Waals surface area (Å²) in [6.45, 7) is 6.18. The van der Waals surface area contributed by atoms with Crippen LogP contribution in [0.15, 0.2) is 4.34 Å². The van der Waals surface area contributed by atoms with Crippen molar-refractivity contribution in [2.75, 3.05) is 11.1 Å². The van der Waals surface area contributed by atoms with Crippen LogP contribution in [0.25, 0.3) is 0 Å². The van der Waals surface area contributed by atoms with Crippen LogP contribution in [0.5, 0.6) is 0 Å². The Balaban J connectivity index is 2.51. The topological polar surface area (TPSA) is 54.9 Å². The molecular weight excluding hydrogens is 254 g/mol. The second kappa shape index (κ2) is 7.66. The van der Waals surface area contributed by atoms with Crippen LogP contribution in [0.2, 0.25) is 0 Å². The number of nitrogens with zero attached hydrogens (tertiary/aromatic N) is 2. The number of aromatic nitrogens is 2. The summed E-state index contributed by atoms with van der Waals surface area (Å²) in [6, 6.07) is 0. The summed E-state index contributed by atoms with van der Waals surface area (Å²) in [4.78, 5) is 11.8. The van der Waals surface area contributed by atoms with Crippen LogP contribution in [0, 0.1) is 5.92 Å². The Labute approximate surface area is 111 Å². The van der Waals surface area contributed by atoms with E-state index in [2.05, 4.69) is 22.4 Å². The van der Waals surface area contributed by atoms with Crippen molar-refractivity contribution in [3.8, 4) is 0 Å². The predicted molar refractivity (Wildman–Crippen MR) is 73.6 cm³/mol. The van der Waals surface area contributed by atoms with Gasteiger partial charge in [0, 0.05) is 11.7 Å². The molecular formula is C11H19N3OS2. The number of thioether (sulfide) groups is 1. The summed E-state index contributed by atoms with van der Waals surface area (Å²) >= 11 is 3.13. The molecule has 17 heavy (non-hydrogen) atoms. The van der Waals surface area contributed by atoms with Crippen molar-refractivity contribution in [1.82, 2.24) is 10.2 Å². The summed E-state index contributed by atoms with van der Waals surface area (Å²) in [7, 11) is 0. The van der Waals surface area contributed by atoms with Gasteiger partial charge < -0.3 is 5.32 Å². The zero-order chi connectivity index (χ0) is 12.7. The Kier molecular flexibility index (Phi) is 6.50. The molecule has 6 heteroatoms. The van der Waals surface area contributed by atoms with Crippen molar-refractivity contribution >= 4 is 34.1 Å². The highest BCUT2D eigenvalue weighted by Gasteiger charge is 2.16. The summed E-state index contributed by atoms with van der Waals surface area (Å²) in [5.41, 5.74) is 0. The van der Waals surface area contributed by atoms with Gasteiger partial charge in [0.15, 0.2) is 4.34 Å². The van der Waals surface area contributed by atoms with E-state index in [4.69, 9.17) is 0 Å². The largest absolute Gasteiger partial charge is 0.300 e. The van der Waals surface area contributed by atoms with Gasteiger partial charge in [0.2, 0.25) is 11.0 Å². The monoisotopic (exact) mass is 273 g/mol. The molecule has 1 N–H and O–H groups in total. The molecule has 0 atom stereocenters. The van der Waals surface area contributed by atoms with Crippen LogP contribution in [-0.4, -0.2) is 21.9 Å². The van der Waals surface area contributed by atoms with Gasteiger partial charge in [-0.1, -0.05) is 43.9 Å². The molecule has 1 amide bonds. The minimum Gasteiger partial charge on any atom is -0.300 e. The summed E-state index contributed by atoms with van der Waals surface area (Å²) < 4.78 is 0.923. The summed E-state index contributed by atoms with van der Waals surface area (Å²) in [5, 5.41) is 11.5. The molecule has 0 saturated heterocycles. The lowest BCUT2D eigenvalue weighted by Gasteiger charge is -2.09. The number of nitrogens with one attached hydrogen (secondary N) is 1. The number of anilines is 1. The van der Waals surface area contributed by atoms with Crippen molar-refractivity contribution in [2.45, 2.75) is 44.4 Å². The van der Waals surface area contributed by atoms with E-state index in [1.165, 1.54) is 11.3 Å². The van der Waals surface area contributed by atoms with Gasteiger partial charge in [-0.15, -0.1) is 10.2 Å². The van der Waals surface area contributed by atoms with Gasteiger partial charge in [0.25, 0.3) is 0 Å². The molecule has 0 aliphatic rings. The first-order chi connectivity index (χ1) is 8.21. The van der Waals surface area contributed by atoms with Crippen LogP contribution in [0.4, 0.5) is 5.13 Å². The lowest BCUT2D eigenvalue weighted by atomic mass is 10.0. The molecule has 0 aliphatic carbocycles. The molecule has 0 saturated carbocycles. The maximum Gasteiger partial charge on any atom is 0.229 e. The molecule has 4 nitrogen and oxygen atoms in total. The Hall–Kier alpha value is -0.620. The van der Waals surface area contributed by atoms with E-state index in [0.29, 0.717) is 5.13 Å². The standard InChI is InChI=1S/C11H19N3OS2/c1-4-7-16-11-14-13-10(17-11)12-9(15)8(5-2)6-3/h8H,4-7H2,1-3H3,(H,12,13,15). The average molecular weight is 273 g/mol. The zero-order valence-electron chi connectivity index (χ0n) is 10.5. The minimum absolute atomic E-state index is 0.0539. The second-order valence-corrected chi connectivity index (χ2v) is 6.04. The molecule has 0 radical (unpaired) electrons. The van der Waals surface area contributed by atoms with Gasteiger partial charge in [-0.05, 0) is 19.3 Å². The number of hydrogen-bond donors (Lipinski definition) is 1. The van der Waals surface area contributed by atoms with E-state index in [1.807, 2.05) is 13.8 Å². The maximum atomic E-state index is 11.8. The van der Waals surface area contributed by atoms with Gasteiger partial charge in [0.1, 0.15) is 0 Å². The van der Waals surface area contributed by atoms with Crippen molar-refractivity contribution in [1.29, 1.82) is 0 Å². The lowest BCUT2D eigenvalue weighted by molar-refractivity contribution is -0.120. The van der Waals surface area contributed by atoms with E-state index in [9.17, 15) is 4.79 Å². The second-order valence-electron chi connectivity index (χ2n) is 3.72. The molecule has 0 fully saturated rings. The van der Waals surface area contributed by atoms with Crippen molar-refractivity contribution in [3.63, 3.8) is 0 Å². The molecule has 1 heterocycles. The smallest absolute Gasteiger partial charge is 0.229 e. The SMILES string of the molecule is CCCSc1nnc(NC(=O)C(CC)CC)s1. The Morgan fingerprint density at radius 2 is 2.06 bits per heavy atom. The minimum atomic E-state index is 0.0539. The van der Waals surface area contributed by atoms with Crippen molar-refractivity contribution in [3.05, 3.63) is 0 Å². The molecule has 96 valence electrons. The highest BCUT2D eigenvalue weighted by Crippen LogP contribution is 2.26. The van der Waals surface area contributed by atoms with E-state index in [0.717, 1.165) is 29.4 Å². The number of hydrogen-bond acceptors (Lipinski definition) is 5. The molecule has 0 spiro atoms. The highest BCUT2D eigenvalue weighted by molar-refractivity contribution is 8.01. The first-order valence-electron chi connectivity index (χ1n) is 5.98. The first kappa shape index (κ1) is 14.4. The molecule has 1 aromatic heterocycles. The summed E-state index contributed by atoms with van der Waals surface area (Å²) in [6.07, 6.45) is 2.83. The van der Waals surface area contributed by atoms with Gasteiger partial charge in [-0.3, -0.25) is 4.79 Å². The first-order valence-corrected chi connectivity index (χ1v) is 7.78. The van der Waals surface area contributed by atoms with Crippen molar-refractivity contribution < 1.29 is 4.79 Å². The van der Waals surface area contributed by atoms with Crippen molar-refractivity contribution in [2.24, 2.45) is 5.92 Å². The predicted octanol–water partition coefficient (Wildman–Crippen LogP) is 3.41. The number of rotatable bonds is 7. The van der Waals surface area contributed by atoms with E-state index in [-0.39, 0.29) is 11.8 Å². The van der Waals surface area contributed by atoms with Gasteiger partial charge in [-0.2, -0.15) is 0 Å². The summed E-state index contributed by atoms with van der Waals surface area (Å²) in [5.74, 6) is 1.17. The Morgan fingerprint density at radius 1 is 1.35 bits per heavy atom. The van der Waals surface area contributed by atoms with Gasteiger partial charge in [0.05, 0.1) is 0 Å². The van der Waals surface area contributed by atoms with Crippen LogP contribution < -0.4 is 5.32 Å². The van der Waals surface area contributed by atoms with E-state index < -0.39 is 0 Å². The van der Waals surface area contributed by atoms with Gasteiger partial charge in [-0.25, -0.2) is 0 Å². The third kappa shape index (κ3) is 4.63. The molecule has 0 aromatic carbocycles. The van der Waals surface area contributed by atoms with E-state index >= 15 is 0 Å². The maximum absolute atomic E-state index is 11.8. The molecule has 0 unspecified atom stereocenters. The fourth-order valence-corrected chi connectivity index (χ4v) is 3.06. The molecule has 0 aliphatic heterocycles. The van der Waals surface area contributed by atoms with Crippen LogP contribution in [0.3, 0.4) is 0 Å². The van der Waals surface area contributed by atoms with Crippen LogP contribution in [0.1, 0.15) is 40.0 Å². The van der Waals surface area contributed by atoms with Crippen LogP contribution in [-0.2, 0) is 4.79 Å². The molecule has 1 aromatic rings. The number of carbonyl (C=O) groups excluding carboxylic acids is 1. The van der Waals surface area contributed by atoms with E-state index in [1.54, 1.807) is 11.8 Å². The van der Waals surface area contributed by atoms with Gasteiger partial charge >= 0.3 is 0 Å². The normalized spacial score (nSPS) is 10.8. The third-order valence-corrected chi connectivity index (χ3v) is 4.60. The fraction of sp³-hybridized carbons (Fsp3) is 0.727. The van der Waals surface area contributed by atoms with Crippen LogP contribution >= 0.6 is 23.1 Å². The Bertz CT molecular complexity index is 350. The quantitative estimate of drug-likeness (QED) is 0.611. The number of carbonyl (C=O) groups is 1. The average Bonchev–Trinajstić information content (AvgIpc) is 2.75. The highest BCUT2D eigenvalue weighted by atomic mass is 32.2. The fourth-order valence-electron chi connectivity index (χ4n) is 1.37. The third-order valence-electron chi connectivity index (χ3n) is 2.42. The lowest BCUT2D eigenvalue weighted by Crippen LogP contribution is -2.21. The zero-order valence-corrected chi connectivity index (χ0v) is 12.2.